The first kappa shape index (κ1) is 19.2. The van der Waals surface area contributed by atoms with E-state index in [1.165, 1.54) is 19.2 Å². The Labute approximate surface area is 159 Å². The lowest BCUT2D eigenvalue weighted by Crippen LogP contribution is -2.26. The molecule has 144 valence electrons. The van der Waals surface area contributed by atoms with Gasteiger partial charge in [-0.15, -0.1) is 0 Å². The van der Waals surface area contributed by atoms with E-state index in [0.29, 0.717) is 17.8 Å². The Morgan fingerprint density at radius 3 is 2.63 bits per heavy atom. The van der Waals surface area contributed by atoms with Crippen LogP contribution < -0.4 is 20.5 Å². The minimum absolute atomic E-state index is 0.0157. The molecule has 1 aliphatic carbocycles. The van der Waals surface area contributed by atoms with Crippen LogP contribution in [0.15, 0.2) is 47.4 Å². The van der Waals surface area contributed by atoms with E-state index < -0.39 is 10.0 Å². The van der Waals surface area contributed by atoms with Crippen molar-refractivity contribution in [2.45, 2.75) is 36.6 Å². The lowest BCUT2D eigenvalue weighted by atomic mass is 10.1. The summed E-state index contributed by atoms with van der Waals surface area (Å²) in [5.41, 5.74) is 7.84. The summed E-state index contributed by atoms with van der Waals surface area (Å²) in [5, 5.41) is 2.74. The van der Waals surface area contributed by atoms with E-state index in [1.54, 1.807) is 12.1 Å². The van der Waals surface area contributed by atoms with Crippen LogP contribution in [0.3, 0.4) is 0 Å². The van der Waals surface area contributed by atoms with Crippen molar-refractivity contribution in [3.05, 3.63) is 48.0 Å². The van der Waals surface area contributed by atoms with Gasteiger partial charge in [-0.25, -0.2) is 13.1 Å². The van der Waals surface area contributed by atoms with Crippen molar-refractivity contribution < 1.29 is 17.9 Å². The summed E-state index contributed by atoms with van der Waals surface area (Å²) in [6, 6.07) is 11.9. The number of carbonyl (C=O) groups excluding carboxylic acids is 1. The standard InChI is InChI=1S/C19H23N3O4S/c1-26-17-10-9-15(12-18(17)27(24,25)22-14-7-8-14)21-19(23)11-6-13-4-2-3-5-16(13)20/h2-5,9-10,12,14,22H,6-8,11,20H2,1H3,(H,21,23). The molecule has 4 N–H and O–H groups in total. The third-order valence-electron chi connectivity index (χ3n) is 4.31. The van der Waals surface area contributed by atoms with Gasteiger partial charge in [0.25, 0.3) is 0 Å². The molecule has 0 unspecified atom stereocenters. The van der Waals surface area contributed by atoms with Gasteiger partial charge in [-0.3, -0.25) is 4.79 Å². The van der Waals surface area contributed by atoms with Gasteiger partial charge in [0.2, 0.25) is 15.9 Å². The van der Waals surface area contributed by atoms with Crippen LogP contribution in [0, 0.1) is 0 Å². The monoisotopic (exact) mass is 389 g/mol. The fourth-order valence-corrected chi connectivity index (χ4v) is 4.18. The number of nitrogens with two attached hydrogens (primary N) is 1. The molecule has 0 bridgehead atoms. The molecule has 0 atom stereocenters. The summed E-state index contributed by atoms with van der Waals surface area (Å²) < 4.78 is 32.8. The summed E-state index contributed by atoms with van der Waals surface area (Å²) in [6.45, 7) is 0. The summed E-state index contributed by atoms with van der Waals surface area (Å²) in [6.07, 6.45) is 2.41. The Morgan fingerprint density at radius 1 is 1.22 bits per heavy atom. The number of amides is 1. The van der Waals surface area contributed by atoms with Gasteiger partial charge >= 0.3 is 0 Å². The van der Waals surface area contributed by atoms with Crippen molar-refractivity contribution in [2.75, 3.05) is 18.2 Å². The largest absolute Gasteiger partial charge is 0.495 e. The highest BCUT2D eigenvalue weighted by Gasteiger charge is 2.30. The molecule has 1 saturated carbocycles. The fraction of sp³-hybridized carbons (Fsp3) is 0.316. The number of methoxy groups -OCH3 is 1. The molecular weight excluding hydrogens is 366 g/mol. The Morgan fingerprint density at radius 2 is 1.96 bits per heavy atom. The van der Waals surface area contributed by atoms with E-state index >= 15 is 0 Å². The zero-order chi connectivity index (χ0) is 19.4. The molecule has 1 amide bonds. The minimum Gasteiger partial charge on any atom is -0.495 e. The van der Waals surface area contributed by atoms with Gasteiger partial charge in [0, 0.05) is 23.8 Å². The van der Waals surface area contributed by atoms with Crippen LogP contribution in [-0.2, 0) is 21.2 Å². The molecule has 8 heteroatoms. The number of para-hydroxylation sites is 1. The highest BCUT2D eigenvalue weighted by atomic mass is 32.2. The second-order valence-corrected chi connectivity index (χ2v) is 8.19. The predicted molar refractivity (Wildman–Crippen MR) is 104 cm³/mol. The molecule has 7 nitrogen and oxygen atoms in total. The quantitative estimate of drug-likeness (QED) is 0.600. The van der Waals surface area contributed by atoms with Crippen LogP contribution >= 0.6 is 0 Å². The molecule has 0 heterocycles. The molecule has 2 aromatic rings. The Bertz CT molecular complexity index is 940. The summed E-state index contributed by atoms with van der Waals surface area (Å²) >= 11 is 0. The molecule has 1 aliphatic rings. The number of sulfonamides is 1. The molecule has 2 aromatic carbocycles. The topological polar surface area (TPSA) is 111 Å². The molecule has 27 heavy (non-hydrogen) atoms. The average Bonchev–Trinajstić information content (AvgIpc) is 3.44. The zero-order valence-electron chi connectivity index (χ0n) is 15.1. The van der Waals surface area contributed by atoms with E-state index in [4.69, 9.17) is 10.5 Å². The molecule has 0 radical (unpaired) electrons. The lowest BCUT2D eigenvalue weighted by molar-refractivity contribution is -0.116. The SMILES string of the molecule is COc1ccc(NC(=O)CCc2ccccc2N)cc1S(=O)(=O)NC1CC1. The number of carbonyl (C=O) groups is 1. The number of rotatable bonds is 8. The van der Waals surface area contributed by atoms with Gasteiger partial charge in [-0.2, -0.15) is 0 Å². The van der Waals surface area contributed by atoms with Gasteiger partial charge in [0.05, 0.1) is 7.11 Å². The third kappa shape index (κ3) is 4.99. The van der Waals surface area contributed by atoms with Crippen molar-refractivity contribution in [1.82, 2.24) is 4.72 Å². The number of nitrogens with one attached hydrogen (secondary N) is 2. The molecule has 0 spiro atoms. The van der Waals surface area contributed by atoms with Crippen LogP contribution in [0.2, 0.25) is 0 Å². The van der Waals surface area contributed by atoms with E-state index in [-0.39, 0.29) is 29.0 Å². The number of benzene rings is 2. The molecular formula is C19H23N3O4S. The lowest BCUT2D eigenvalue weighted by Gasteiger charge is -2.13. The molecule has 3 rings (SSSR count). The predicted octanol–water partition coefficient (Wildman–Crippen LogP) is 2.29. The maximum Gasteiger partial charge on any atom is 0.244 e. The normalized spacial score (nSPS) is 14.0. The van der Waals surface area contributed by atoms with Crippen LogP contribution in [0.5, 0.6) is 5.75 Å². The van der Waals surface area contributed by atoms with Crippen molar-refractivity contribution in [1.29, 1.82) is 0 Å². The van der Waals surface area contributed by atoms with Gasteiger partial charge in [-0.05, 0) is 49.1 Å². The van der Waals surface area contributed by atoms with Gasteiger partial charge < -0.3 is 15.8 Å². The Balaban J connectivity index is 1.70. The van der Waals surface area contributed by atoms with Crippen molar-refractivity contribution in [2.24, 2.45) is 0 Å². The Kier molecular flexibility index (Phi) is 5.67. The van der Waals surface area contributed by atoms with Crippen molar-refractivity contribution >= 4 is 27.3 Å². The molecule has 0 aromatic heterocycles. The first-order valence-electron chi connectivity index (χ1n) is 8.72. The van der Waals surface area contributed by atoms with Crippen LogP contribution in [0.1, 0.15) is 24.8 Å². The highest BCUT2D eigenvalue weighted by Crippen LogP contribution is 2.29. The van der Waals surface area contributed by atoms with Crippen LogP contribution in [0.25, 0.3) is 0 Å². The highest BCUT2D eigenvalue weighted by molar-refractivity contribution is 7.89. The van der Waals surface area contributed by atoms with Crippen molar-refractivity contribution in [3.63, 3.8) is 0 Å². The van der Waals surface area contributed by atoms with Crippen molar-refractivity contribution in [3.8, 4) is 5.75 Å². The first-order chi connectivity index (χ1) is 12.9. The van der Waals surface area contributed by atoms with E-state index in [2.05, 4.69) is 10.0 Å². The number of nitrogen functional groups attached to an aromatic ring is 1. The summed E-state index contributed by atoms with van der Waals surface area (Å²) in [7, 11) is -2.29. The first-order valence-corrected chi connectivity index (χ1v) is 10.2. The summed E-state index contributed by atoms with van der Waals surface area (Å²) in [5.74, 6) is 0.0140. The smallest absolute Gasteiger partial charge is 0.244 e. The second-order valence-electron chi connectivity index (χ2n) is 6.51. The number of aryl methyl sites for hydroxylation is 1. The number of hydrogen-bond donors (Lipinski definition) is 3. The minimum atomic E-state index is -3.70. The fourth-order valence-electron chi connectivity index (χ4n) is 2.68. The van der Waals surface area contributed by atoms with Gasteiger partial charge in [0.1, 0.15) is 10.6 Å². The van der Waals surface area contributed by atoms with E-state index in [1.807, 2.05) is 18.2 Å². The molecule has 1 fully saturated rings. The van der Waals surface area contributed by atoms with Gasteiger partial charge in [0.15, 0.2) is 0 Å². The summed E-state index contributed by atoms with van der Waals surface area (Å²) in [4.78, 5) is 12.3. The maximum atomic E-state index is 12.5. The number of ether oxygens (including phenoxy) is 1. The maximum absolute atomic E-state index is 12.5. The van der Waals surface area contributed by atoms with E-state index in [0.717, 1.165) is 18.4 Å². The molecule has 0 saturated heterocycles. The number of anilines is 2. The van der Waals surface area contributed by atoms with E-state index in [9.17, 15) is 13.2 Å². The van der Waals surface area contributed by atoms with Crippen LogP contribution in [0.4, 0.5) is 11.4 Å². The van der Waals surface area contributed by atoms with Gasteiger partial charge in [-0.1, -0.05) is 18.2 Å². The third-order valence-corrected chi connectivity index (χ3v) is 5.85. The number of hydrogen-bond acceptors (Lipinski definition) is 5. The molecule has 0 aliphatic heterocycles. The average molecular weight is 389 g/mol. The Hall–Kier alpha value is -2.58. The zero-order valence-corrected chi connectivity index (χ0v) is 15.9. The second kappa shape index (κ2) is 7.98. The van der Waals surface area contributed by atoms with Crippen LogP contribution in [-0.4, -0.2) is 27.5 Å².